The second kappa shape index (κ2) is 1.24. The Hall–Kier alpha value is 0. The molecule has 0 heteroatoms. The topological polar surface area (TPSA) is 0 Å². The molecule has 2 aliphatic rings. The van der Waals surface area contributed by atoms with E-state index in [0.717, 1.165) is 11.8 Å². The largest absolute Gasteiger partial charge is 0.0502 e. The van der Waals surface area contributed by atoms with Gasteiger partial charge in [0.15, 0.2) is 0 Å². The second-order valence-electron chi connectivity index (χ2n) is 2.91. The highest BCUT2D eigenvalue weighted by atomic mass is 14.4. The molecule has 0 nitrogen and oxygen atoms in total. The summed E-state index contributed by atoms with van der Waals surface area (Å²) in [6.45, 7) is 0. The average Bonchev–Trinajstić information content (AvgIpc) is 2.22. The predicted molar refractivity (Wildman–Crippen MR) is 29.7 cm³/mol. The molecule has 0 heterocycles. The zero-order valence-electron chi connectivity index (χ0n) is 4.56. The Balaban J connectivity index is 2.12. The van der Waals surface area contributed by atoms with Crippen LogP contribution in [0.2, 0.25) is 0 Å². The van der Waals surface area contributed by atoms with Crippen LogP contribution in [0.1, 0.15) is 25.7 Å². The van der Waals surface area contributed by atoms with E-state index in [1.165, 1.54) is 25.7 Å². The zero-order valence-corrected chi connectivity index (χ0v) is 4.56. The first-order chi connectivity index (χ1) is 3.45. The first kappa shape index (κ1) is 3.94. The van der Waals surface area contributed by atoms with Gasteiger partial charge < -0.3 is 0 Å². The standard InChI is InChI=1S/C7H11/c1-2-7-4-3-6(1)5-7/h1,6-7H,2-5H2/t6-,7?/m1/s1. The molecule has 2 rings (SSSR count). The summed E-state index contributed by atoms with van der Waals surface area (Å²) in [6.07, 6.45) is 8.50. The maximum Gasteiger partial charge on any atom is -0.0352 e. The summed E-state index contributed by atoms with van der Waals surface area (Å²) in [4.78, 5) is 0. The minimum Gasteiger partial charge on any atom is -0.0502 e. The Morgan fingerprint density at radius 3 is 2.43 bits per heavy atom. The fourth-order valence-corrected chi connectivity index (χ4v) is 1.93. The monoisotopic (exact) mass is 95.1 g/mol. The lowest BCUT2D eigenvalue weighted by atomic mass is 10.0. The number of fused-ring (bicyclic) bond motifs is 2. The molecule has 0 aromatic heterocycles. The average molecular weight is 95.2 g/mol. The van der Waals surface area contributed by atoms with Gasteiger partial charge in [0.05, 0.1) is 0 Å². The van der Waals surface area contributed by atoms with E-state index in [9.17, 15) is 0 Å². The van der Waals surface area contributed by atoms with Crippen LogP contribution in [0.25, 0.3) is 0 Å². The molecule has 2 atom stereocenters. The molecule has 7 heavy (non-hydrogen) atoms. The second-order valence-corrected chi connectivity index (χ2v) is 2.91. The zero-order chi connectivity index (χ0) is 4.69. The molecular formula is C7H11. The van der Waals surface area contributed by atoms with Gasteiger partial charge >= 0.3 is 0 Å². The summed E-state index contributed by atoms with van der Waals surface area (Å²) < 4.78 is 0. The van der Waals surface area contributed by atoms with Crippen LogP contribution in [-0.4, -0.2) is 0 Å². The molecule has 0 N–H and O–H groups in total. The molecular weight excluding hydrogens is 84.1 g/mol. The van der Waals surface area contributed by atoms with Gasteiger partial charge in [-0.05, 0) is 37.5 Å². The minimum atomic E-state index is 1.05. The van der Waals surface area contributed by atoms with Gasteiger partial charge in [0.1, 0.15) is 0 Å². The number of rotatable bonds is 0. The number of hydrogen-bond acceptors (Lipinski definition) is 0. The molecule has 1 unspecified atom stereocenters. The van der Waals surface area contributed by atoms with E-state index >= 15 is 0 Å². The van der Waals surface area contributed by atoms with Crippen molar-refractivity contribution >= 4 is 0 Å². The smallest absolute Gasteiger partial charge is 0.0352 e. The van der Waals surface area contributed by atoms with Gasteiger partial charge in [-0.25, -0.2) is 0 Å². The van der Waals surface area contributed by atoms with E-state index in [0.29, 0.717) is 0 Å². The molecule has 1 radical (unpaired) electrons. The fraction of sp³-hybridized carbons (Fsp3) is 0.857. The SMILES string of the molecule is [CH]1CC2CC[C@@H]1C2. The third-order valence-electron chi connectivity index (χ3n) is 2.38. The Kier molecular flexibility index (Phi) is 0.697. The quantitative estimate of drug-likeness (QED) is 0.431. The first-order valence-corrected chi connectivity index (χ1v) is 3.28. The van der Waals surface area contributed by atoms with Crippen molar-refractivity contribution in [3.8, 4) is 0 Å². The van der Waals surface area contributed by atoms with Crippen LogP contribution < -0.4 is 0 Å². The van der Waals surface area contributed by atoms with Crippen molar-refractivity contribution in [1.82, 2.24) is 0 Å². The molecule has 2 fully saturated rings. The molecule has 2 saturated carbocycles. The fourth-order valence-electron chi connectivity index (χ4n) is 1.93. The lowest BCUT2D eigenvalue weighted by molar-refractivity contribution is 0.557. The Morgan fingerprint density at radius 2 is 2.29 bits per heavy atom. The van der Waals surface area contributed by atoms with Crippen molar-refractivity contribution < 1.29 is 0 Å². The van der Waals surface area contributed by atoms with Gasteiger partial charge in [-0.3, -0.25) is 0 Å². The van der Waals surface area contributed by atoms with Gasteiger partial charge in [0.2, 0.25) is 0 Å². The molecule has 0 aromatic carbocycles. The Labute approximate surface area is 44.9 Å². The normalized spacial score (nSPS) is 48.0. The summed E-state index contributed by atoms with van der Waals surface area (Å²) >= 11 is 0. The predicted octanol–water partition coefficient (Wildman–Crippen LogP) is 2.01. The first-order valence-electron chi connectivity index (χ1n) is 3.28. The summed E-state index contributed by atoms with van der Waals surface area (Å²) in [5, 5.41) is 0. The van der Waals surface area contributed by atoms with Crippen molar-refractivity contribution in [2.75, 3.05) is 0 Å². The molecule has 2 bridgehead atoms. The van der Waals surface area contributed by atoms with Crippen molar-refractivity contribution in [1.29, 1.82) is 0 Å². The van der Waals surface area contributed by atoms with Crippen molar-refractivity contribution in [2.24, 2.45) is 11.8 Å². The molecule has 0 saturated heterocycles. The van der Waals surface area contributed by atoms with Crippen LogP contribution in [0.5, 0.6) is 0 Å². The van der Waals surface area contributed by atoms with Crippen molar-refractivity contribution in [3.63, 3.8) is 0 Å². The van der Waals surface area contributed by atoms with Crippen LogP contribution in [0.4, 0.5) is 0 Å². The third kappa shape index (κ3) is 0.490. The highest BCUT2D eigenvalue weighted by Crippen LogP contribution is 2.43. The molecule has 0 aliphatic heterocycles. The molecule has 0 aromatic rings. The van der Waals surface area contributed by atoms with Gasteiger partial charge in [-0.1, -0.05) is 6.42 Å². The highest BCUT2D eigenvalue weighted by Gasteiger charge is 2.30. The summed E-state index contributed by atoms with van der Waals surface area (Å²) in [7, 11) is 0. The van der Waals surface area contributed by atoms with Crippen LogP contribution in [0, 0.1) is 18.3 Å². The van der Waals surface area contributed by atoms with Crippen LogP contribution in [-0.2, 0) is 0 Å². The lowest BCUT2D eigenvalue weighted by Crippen LogP contribution is -1.92. The molecule has 0 amide bonds. The summed E-state index contributed by atoms with van der Waals surface area (Å²) in [6, 6.07) is 0. The summed E-state index contributed by atoms with van der Waals surface area (Å²) in [5.74, 6) is 2.16. The molecule has 0 spiro atoms. The Morgan fingerprint density at radius 1 is 1.29 bits per heavy atom. The molecule has 2 aliphatic carbocycles. The van der Waals surface area contributed by atoms with E-state index in [2.05, 4.69) is 6.42 Å². The van der Waals surface area contributed by atoms with Gasteiger partial charge in [0, 0.05) is 0 Å². The van der Waals surface area contributed by atoms with Gasteiger partial charge in [-0.2, -0.15) is 0 Å². The maximum absolute atomic E-state index is 2.51. The number of hydrogen-bond donors (Lipinski definition) is 0. The van der Waals surface area contributed by atoms with Crippen molar-refractivity contribution in [2.45, 2.75) is 25.7 Å². The lowest BCUT2D eigenvalue weighted by Gasteiger charge is -2.04. The van der Waals surface area contributed by atoms with Crippen LogP contribution in [0.15, 0.2) is 0 Å². The van der Waals surface area contributed by atoms with Gasteiger partial charge in [0.25, 0.3) is 0 Å². The van der Waals surface area contributed by atoms with E-state index in [-0.39, 0.29) is 0 Å². The maximum atomic E-state index is 2.51. The summed E-state index contributed by atoms with van der Waals surface area (Å²) in [5.41, 5.74) is 0. The highest BCUT2D eigenvalue weighted by molar-refractivity contribution is 4.94. The van der Waals surface area contributed by atoms with Crippen LogP contribution >= 0.6 is 0 Å². The van der Waals surface area contributed by atoms with E-state index in [1.54, 1.807) is 0 Å². The Bertz CT molecular complexity index is 58.1. The van der Waals surface area contributed by atoms with Gasteiger partial charge in [-0.15, -0.1) is 0 Å². The minimum absolute atomic E-state index is 1.05. The molecule has 39 valence electrons. The third-order valence-corrected chi connectivity index (χ3v) is 2.38. The van der Waals surface area contributed by atoms with Crippen LogP contribution in [0.3, 0.4) is 0 Å². The van der Waals surface area contributed by atoms with E-state index in [1.807, 2.05) is 0 Å². The van der Waals surface area contributed by atoms with Crippen molar-refractivity contribution in [3.05, 3.63) is 6.42 Å². The van der Waals surface area contributed by atoms with E-state index in [4.69, 9.17) is 0 Å². The van der Waals surface area contributed by atoms with E-state index < -0.39 is 0 Å².